The first-order chi connectivity index (χ1) is 16.0. The van der Waals surface area contributed by atoms with Crippen LogP contribution in [0.25, 0.3) is 0 Å². The van der Waals surface area contributed by atoms with Crippen LogP contribution >= 0.6 is 11.6 Å². The minimum Gasteiger partial charge on any atom is -0.424 e. The van der Waals surface area contributed by atoms with Gasteiger partial charge >= 0.3 is 6.01 Å². The fourth-order valence-electron chi connectivity index (χ4n) is 4.74. The van der Waals surface area contributed by atoms with E-state index in [1.54, 1.807) is 6.33 Å². The molecule has 33 heavy (non-hydrogen) atoms. The Bertz CT molecular complexity index is 1130. The molecule has 11 heteroatoms. The normalized spacial score (nSPS) is 21.9. The molecule has 0 spiro atoms. The summed E-state index contributed by atoms with van der Waals surface area (Å²) in [7, 11) is 0. The number of aryl methyl sites for hydroxylation is 2. The van der Waals surface area contributed by atoms with Gasteiger partial charge in [-0.15, -0.1) is 5.10 Å². The van der Waals surface area contributed by atoms with Gasteiger partial charge in [-0.05, 0) is 43.7 Å². The molecule has 174 valence electrons. The molecule has 3 heterocycles. The summed E-state index contributed by atoms with van der Waals surface area (Å²) in [6, 6.07) is 6.34. The van der Waals surface area contributed by atoms with Crippen LogP contribution in [-0.4, -0.2) is 50.5 Å². The monoisotopic (exact) mass is 475 g/mol. The second-order valence-electron chi connectivity index (χ2n) is 8.50. The molecule has 3 atom stereocenters. The number of rotatable bonds is 7. The standard InChI is InChI=1S/C22H24ClF2N7O/c1-13-8-19(27-12-26-13)31-10-14-2-3-15(11-31)20(14)28-21-29-22(32(30-21)7-6-24)33-16-4-5-18(25)17(23)9-16/h4-5,8-9,12,14-15,20H,2-3,6-7,10-11H2,1H3,(H,28,30)/t14-,15+,20?. The Balaban J connectivity index is 1.31. The summed E-state index contributed by atoms with van der Waals surface area (Å²) in [5.74, 6) is 1.92. The topological polar surface area (TPSA) is 81.0 Å². The molecule has 1 unspecified atom stereocenters. The predicted molar refractivity (Wildman–Crippen MR) is 120 cm³/mol. The highest BCUT2D eigenvalue weighted by Crippen LogP contribution is 2.40. The van der Waals surface area contributed by atoms with Crippen molar-refractivity contribution in [3.63, 3.8) is 0 Å². The highest BCUT2D eigenvalue weighted by atomic mass is 35.5. The molecule has 1 aromatic carbocycles. The lowest BCUT2D eigenvalue weighted by Crippen LogP contribution is -2.48. The van der Waals surface area contributed by atoms with Crippen molar-refractivity contribution in [2.75, 3.05) is 30.0 Å². The van der Waals surface area contributed by atoms with Crippen LogP contribution in [0.1, 0.15) is 18.5 Å². The third kappa shape index (κ3) is 4.57. The average Bonchev–Trinajstić information content (AvgIpc) is 3.26. The van der Waals surface area contributed by atoms with Crippen molar-refractivity contribution in [2.45, 2.75) is 32.4 Å². The quantitative estimate of drug-likeness (QED) is 0.547. The SMILES string of the molecule is Cc1cc(N2C[C@H]3CC[C@@H](C2)C3Nc2nc(Oc3ccc(F)c(Cl)c3)n(CCF)n2)ncn1. The van der Waals surface area contributed by atoms with Crippen LogP contribution < -0.4 is 15.0 Å². The van der Waals surface area contributed by atoms with Crippen LogP contribution in [0.2, 0.25) is 5.02 Å². The maximum Gasteiger partial charge on any atom is 0.322 e. The number of hydrogen-bond donors (Lipinski definition) is 1. The number of nitrogens with zero attached hydrogens (tertiary/aromatic N) is 6. The largest absolute Gasteiger partial charge is 0.424 e. The van der Waals surface area contributed by atoms with Crippen molar-refractivity contribution in [1.29, 1.82) is 0 Å². The van der Waals surface area contributed by atoms with E-state index in [0.29, 0.717) is 23.5 Å². The number of benzene rings is 1. The molecule has 1 aliphatic heterocycles. The molecule has 1 saturated heterocycles. The Morgan fingerprint density at radius 3 is 2.67 bits per heavy atom. The molecule has 1 saturated carbocycles. The highest BCUT2D eigenvalue weighted by Gasteiger charge is 2.43. The summed E-state index contributed by atoms with van der Waals surface area (Å²) in [5, 5.41) is 7.80. The van der Waals surface area contributed by atoms with E-state index in [1.807, 2.05) is 13.0 Å². The first-order valence-electron chi connectivity index (χ1n) is 10.9. The summed E-state index contributed by atoms with van der Waals surface area (Å²) in [6.07, 6.45) is 3.81. The van der Waals surface area contributed by atoms with Crippen LogP contribution in [0.5, 0.6) is 11.8 Å². The van der Waals surface area contributed by atoms with Gasteiger partial charge in [0.25, 0.3) is 0 Å². The van der Waals surface area contributed by atoms with Gasteiger partial charge in [0.2, 0.25) is 5.95 Å². The van der Waals surface area contributed by atoms with Crippen LogP contribution in [0.15, 0.2) is 30.6 Å². The van der Waals surface area contributed by atoms with Gasteiger partial charge in [0.05, 0.1) is 11.6 Å². The molecule has 3 aromatic rings. The van der Waals surface area contributed by atoms with Crippen molar-refractivity contribution in [2.24, 2.45) is 11.8 Å². The fourth-order valence-corrected chi connectivity index (χ4v) is 4.91. The molecule has 2 fully saturated rings. The number of piperidine rings is 1. The zero-order valence-electron chi connectivity index (χ0n) is 18.1. The van der Waals surface area contributed by atoms with Gasteiger partial charge in [0, 0.05) is 37.0 Å². The molecule has 2 aliphatic rings. The number of nitrogens with one attached hydrogen (secondary N) is 1. The summed E-state index contributed by atoms with van der Waals surface area (Å²) in [5.41, 5.74) is 0.949. The van der Waals surface area contributed by atoms with Gasteiger partial charge in [0.1, 0.15) is 30.4 Å². The Morgan fingerprint density at radius 2 is 1.97 bits per heavy atom. The van der Waals surface area contributed by atoms with E-state index in [9.17, 15) is 8.78 Å². The summed E-state index contributed by atoms with van der Waals surface area (Å²) < 4.78 is 33.6. The minimum absolute atomic E-state index is 0.00267. The van der Waals surface area contributed by atoms with Crippen LogP contribution in [0.3, 0.4) is 0 Å². The van der Waals surface area contributed by atoms with Crippen LogP contribution in [-0.2, 0) is 6.54 Å². The number of hydrogen-bond acceptors (Lipinski definition) is 7. The van der Waals surface area contributed by atoms with Crippen molar-refractivity contribution >= 4 is 23.4 Å². The average molecular weight is 476 g/mol. The third-order valence-electron chi connectivity index (χ3n) is 6.28. The first-order valence-corrected chi connectivity index (χ1v) is 11.3. The van der Waals surface area contributed by atoms with Crippen LogP contribution in [0.4, 0.5) is 20.5 Å². The Kier molecular flexibility index (Phi) is 6.01. The van der Waals surface area contributed by atoms with Gasteiger partial charge in [-0.2, -0.15) is 4.98 Å². The van der Waals surface area contributed by atoms with E-state index in [-0.39, 0.29) is 23.6 Å². The smallest absolute Gasteiger partial charge is 0.322 e. The molecule has 0 radical (unpaired) electrons. The molecular formula is C22H24ClF2N7O. The summed E-state index contributed by atoms with van der Waals surface area (Å²) in [4.78, 5) is 15.4. The number of halogens is 3. The number of ether oxygens (including phenoxy) is 1. The van der Waals surface area contributed by atoms with Crippen LogP contribution in [0, 0.1) is 24.6 Å². The lowest BCUT2D eigenvalue weighted by atomic mass is 9.92. The molecule has 5 rings (SSSR count). The van der Waals surface area contributed by atoms with Crippen molar-refractivity contribution < 1.29 is 13.5 Å². The second-order valence-corrected chi connectivity index (χ2v) is 8.91. The lowest BCUT2D eigenvalue weighted by molar-refractivity contribution is 0.362. The maximum atomic E-state index is 13.4. The van der Waals surface area contributed by atoms with Crippen molar-refractivity contribution in [1.82, 2.24) is 24.7 Å². The summed E-state index contributed by atoms with van der Waals surface area (Å²) >= 11 is 5.84. The fraction of sp³-hybridized carbons (Fsp3) is 0.455. The molecule has 2 aromatic heterocycles. The van der Waals surface area contributed by atoms with Gasteiger partial charge in [0.15, 0.2) is 0 Å². The number of fused-ring (bicyclic) bond motifs is 2. The third-order valence-corrected chi connectivity index (χ3v) is 6.57. The van der Waals surface area contributed by atoms with E-state index in [4.69, 9.17) is 16.3 Å². The van der Waals surface area contributed by atoms with E-state index < -0.39 is 12.5 Å². The van der Waals surface area contributed by atoms with E-state index >= 15 is 0 Å². The molecule has 1 N–H and O–H groups in total. The minimum atomic E-state index is -0.620. The maximum absolute atomic E-state index is 13.4. The second kappa shape index (κ2) is 9.09. The first kappa shape index (κ1) is 21.8. The van der Waals surface area contributed by atoms with E-state index in [2.05, 4.69) is 30.3 Å². The number of aromatic nitrogens is 5. The lowest BCUT2D eigenvalue weighted by Gasteiger charge is -2.38. The van der Waals surface area contributed by atoms with Gasteiger partial charge in [-0.1, -0.05) is 11.6 Å². The predicted octanol–water partition coefficient (Wildman–Crippen LogP) is 4.26. The highest BCUT2D eigenvalue weighted by molar-refractivity contribution is 6.30. The zero-order valence-corrected chi connectivity index (χ0v) is 18.8. The molecule has 1 aliphatic carbocycles. The molecular weight excluding hydrogens is 452 g/mol. The molecule has 0 amide bonds. The summed E-state index contributed by atoms with van der Waals surface area (Å²) in [6.45, 7) is 3.11. The molecule has 2 bridgehead atoms. The van der Waals surface area contributed by atoms with Gasteiger partial charge in [-0.3, -0.25) is 0 Å². The van der Waals surface area contributed by atoms with Crippen molar-refractivity contribution in [3.8, 4) is 11.8 Å². The van der Waals surface area contributed by atoms with E-state index in [0.717, 1.165) is 37.4 Å². The van der Waals surface area contributed by atoms with Gasteiger partial charge in [-0.25, -0.2) is 23.4 Å². The Morgan fingerprint density at radius 1 is 1.18 bits per heavy atom. The van der Waals surface area contributed by atoms with Crippen molar-refractivity contribution in [3.05, 3.63) is 47.1 Å². The number of anilines is 2. The zero-order chi connectivity index (χ0) is 22.9. The Hall–Kier alpha value is -3.01. The van der Waals surface area contributed by atoms with E-state index in [1.165, 1.54) is 22.9 Å². The molecule has 8 nitrogen and oxygen atoms in total. The number of alkyl halides is 1. The van der Waals surface area contributed by atoms with Gasteiger partial charge < -0.3 is 15.0 Å². The Labute approximate surface area is 195 Å².